The minimum atomic E-state index is 0.151. The number of aromatic nitrogens is 3. The highest BCUT2D eigenvalue weighted by Crippen LogP contribution is 2.40. The quantitative estimate of drug-likeness (QED) is 0.634. The molecule has 3 heterocycles. The minimum Gasteiger partial charge on any atom is -0.296 e. The first-order chi connectivity index (χ1) is 14.1. The number of carbonyl (C=O) groups excluding carboxylic acids is 1. The molecule has 0 radical (unpaired) electrons. The van der Waals surface area contributed by atoms with Crippen molar-refractivity contribution in [2.24, 2.45) is 0 Å². The van der Waals surface area contributed by atoms with E-state index < -0.39 is 0 Å². The Bertz CT molecular complexity index is 1010. The number of fused-ring (bicyclic) bond motifs is 1. The maximum absolute atomic E-state index is 13.2. The van der Waals surface area contributed by atoms with Gasteiger partial charge >= 0.3 is 0 Å². The molecule has 1 aliphatic heterocycles. The first-order valence-electron chi connectivity index (χ1n) is 10.4. The van der Waals surface area contributed by atoms with E-state index in [-0.39, 0.29) is 5.91 Å². The molecule has 0 atom stereocenters. The molecule has 0 spiro atoms. The molecule has 1 aliphatic rings. The molecule has 0 N–H and O–H groups in total. The second-order valence-electron chi connectivity index (χ2n) is 8.01. The van der Waals surface area contributed by atoms with E-state index in [1.807, 2.05) is 27.9 Å². The Morgan fingerprint density at radius 3 is 2.72 bits per heavy atom. The summed E-state index contributed by atoms with van der Waals surface area (Å²) in [5.41, 5.74) is 5.66. The summed E-state index contributed by atoms with van der Waals surface area (Å²) >= 11 is 0. The van der Waals surface area contributed by atoms with Crippen molar-refractivity contribution >= 4 is 11.7 Å². The number of amides is 1. The molecule has 5 heteroatoms. The van der Waals surface area contributed by atoms with Crippen molar-refractivity contribution in [3.05, 3.63) is 65.6 Å². The Hall–Kier alpha value is -2.95. The number of nitrogens with zero attached hydrogens (tertiary/aromatic N) is 4. The lowest BCUT2D eigenvalue weighted by molar-refractivity contribution is -0.118. The standard InChI is InChI=1S/C24H28N4O/c1-17(2)20-9-4-5-10-21(20)23-18(3)26-28-15-7-14-27(24(23)28)22(29)12-11-19-8-6-13-25-16-19/h4-6,8-10,13,16-17H,7,11-12,14-15H2,1-3H3. The minimum absolute atomic E-state index is 0.151. The van der Waals surface area contributed by atoms with E-state index in [2.05, 4.69) is 50.0 Å². The van der Waals surface area contributed by atoms with Gasteiger partial charge in [0.05, 0.1) is 5.69 Å². The van der Waals surface area contributed by atoms with Crippen molar-refractivity contribution in [2.45, 2.75) is 52.5 Å². The van der Waals surface area contributed by atoms with Crippen LogP contribution in [0.3, 0.4) is 0 Å². The number of carbonyl (C=O) groups is 1. The van der Waals surface area contributed by atoms with Crippen LogP contribution in [0.25, 0.3) is 11.1 Å². The molecular formula is C24H28N4O. The van der Waals surface area contributed by atoms with Crippen molar-refractivity contribution in [1.82, 2.24) is 14.8 Å². The molecule has 5 nitrogen and oxygen atoms in total. The van der Waals surface area contributed by atoms with Gasteiger partial charge in [0, 0.05) is 37.5 Å². The van der Waals surface area contributed by atoms with Gasteiger partial charge in [0.2, 0.25) is 5.91 Å². The van der Waals surface area contributed by atoms with Crippen LogP contribution in [-0.4, -0.2) is 27.2 Å². The molecule has 150 valence electrons. The largest absolute Gasteiger partial charge is 0.296 e. The Kier molecular flexibility index (Phi) is 5.47. The molecule has 2 aromatic heterocycles. The summed E-state index contributed by atoms with van der Waals surface area (Å²) in [6.07, 6.45) is 5.70. The molecule has 0 bridgehead atoms. The number of anilines is 1. The molecule has 0 saturated heterocycles. The summed E-state index contributed by atoms with van der Waals surface area (Å²) in [7, 11) is 0. The first kappa shape index (κ1) is 19.4. The average molecular weight is 389 g/mol. The average Bonchev–Trinajstić information content (AvgIpc) is 3.08. The zero-order chi connectivity index (χ0) is 20.4. The van der Waals surface area contributed by atoms with Gasteiger partial charge in [0.1, 0.15) is 5.82 Å². The van der Waals surface area contributed by atoms with Gasteiger partial charge in [0.25, 0.3) is 0 Å². The van der Waals surface area contributed by atoms with Crippen LogP contribution in [-0.2, 0) is 17.8 Å². The fraction of sp³-hybridized carbons (Fsp3) is 0.375. The van der Waals surface area contributed by atoms with Crippen LogP contribution in [0.15, 0.2) is 48.8 Å². The predicted octanol–water partition coefficient (Wildman–Crippen LogP) is 4.75. The van der Waals surface area contributed by atoms with Crippen LogP contribution >= 0.6 is 0 Å². The molecule has 0 fully saturated rings. The Morgan fingerprint density at radius 2 is 1.97 bits per heavy atom. The van der Waals surface area contributed by atoms with Gasteiger partial charge in [-0.1, -0.05) is 44.2 Å². The summed E-state index contributed by atoms with van der Waals surface area (Å²) < 4.78 is 2.02. The van der Waals surface area contributed by atoms with Crippen LogP contribution in [0.4, 0.5) is 5.82 Å². The Balaban J connectivity index is 1.70. The van der Waals surface area contributed by atoms with E-state index in [9.17, 15) is 4.79 Å². The smallest absolute Gasteiger partial charge is 0.228 e. The van der Waals surface area contributed by atoms with Gasteiger partial charge in [-0.3, -0.25) is 14.7 Å². The molecule has 3 aromatic rings. The van der Waals surface area contributed by atoms with Crippen LogP contribution < -0.4 is 4.90 Å². The topological polar surface area (TPSA) is 51.0 Å². The summed E-state index contributed by atoms with van der Waals surface area (Å²) in [6, 6.07) is 12.4. The number of rotatable bonds is 5. The molecule has 0 unspecified atom stereocenters. The number of benzene rings is 1. The maximum Gasteiger partial charge on any atom is 0.228 e. The number of aryl methyl sites for hydroxylation is 3. The van der Waals surface area contributed by atoms with E-state index in [1.54, 1.807) is 6.20 Å². The zero-order valence-corrected chi connectivity index (χ0v) is 17.4. The monoisotopic (exact) mass is 388 g/mol. The lowest BCUT2D eigenvalue weighted by Crippen LogP contribution is -2.38. The predicted molar refractivity (Wildman–Crippen MR) is 116 cm³/mol. The van der Waals surface area contributed by atoms with Gasteiger partial charge in [-0.2, -0.15) is 5.10 Å². The lowest BCUT2D eigenvalue weighted by atomic mass is 9.92. The third-order valence-electron chi connectivity index (χ3n) is 5.61. The molecule has 1 aromatic carbocycles. The van der Waals surface area contributed by atoms with Crippen LogP contribution in [0.1, 0.15) is 49.4 Å². The van der Waals surface area contributed by atoms with Crippen molar-refractivity contribution < 1.29 is 4.79 Å². The van der Waals surface area contributed by atoms with E-state index in [0.29, 0.717) is 18.8 Å². The van der Waals surface area contributed by atoms with Crippen molar-refractivity contribution in [3.8, 4) is 11.1 Å². The normalized spacial score (nSPS) is 13.6. The van der Waals surface area contributed by atoms with Crippen LogP contribution in [0.2, 0.25) is 0 Å². The summed E-state index contributed by atoms with van der Waals surface area (Å²) in [5, 5.41) is 4.79. The number of pyridine rings is 1. The fourth-order valence-corrected chi connectivity index (χ4v) is 4.20. The first-order valence-corrected chi connectivity index (χ1v) is 10.4. The molecular weight excluding hydrogens is 360 g/mol. The summed E-state index contributed by atoms with van der Waals surface area (Å²) in [6.45, 7) is 8.07. The third-order valence-corrected chi connectivity index (χ3v) is 5.61. The van der Waals surface area contributed by atoms with Crippen LogP contribution in [0.5, 0.6) is 0 Å². The molecule has 29 heavy (non-hydrogen) atoms. The molecule has 0 saturated carbocycles. The summed E-state index contributed by atoms with van der Waals surface area (Å²) in [4.78, 5) is 19.3. The van der Waals surface area contributed by atoms with Gasteiger partial charge in [-0.05, 0) is 48.4 Å². The number of hydrogen-bond acceptors (Lipinski definition) is 3. The SMILES string of the molecule is Cc1nn2c(c1-c1ccccc1C(C)C)N(C(=O)CCc1cccnc1)CCC2. The van der Waals surface area contributed by atoms with Crippen LogP contribution in [0, 0.1) is 6.92 Å². The van der Waals surface area contributed by atoms with E-state index in [4.69, 9.17) is 5.10 Å². The second kappa shape index (κ2) is 8.19. The third kappa shape index (κ3) is 3.82. The van der Waals surface area contributed by atoms with E-state index >= 15 is 0 Å². The Labute approximate surface area is 172 Å². The Morgan fingerprint density at radius 1 is 1.14 bits per heavy atom. The lowest BCUT2D eigenvalue weighted by Gasteiger charge is -2.29. The fourth-order valence-electron chi connectivity index (χ4n) is 4.20. The highest BCUT2D eigenvalue weighted by molar-refractivity contribution is 5.98. The molecule has 4 rings (SSSR count). The van der Waals surface area contributed by atoms with E-state index in [1.165, 1.54) is 11.1 Å². The van der Waals surface area contributed by atoms with E-state index in [0.717, 1.165) is 42.1 Å². The van der Waals surface area contributed by atoms with Gasteiger partial charge in [-0.15, -0.1) is 0 Å². The second-order valence-corrected chi connectivity index (χ2v) is 8.01. The zero-order valence-electron chi connectivity index (χ0n) is 17.4. The summed E-state index contributed by atoms with van der Waals surface area (Å²) in [5.74, 6) is 1.51. The van der Waals surface area contributed by atoms with Crippen molar-refractivity contribution in [1.29, 1.82) is 0 Å². The molecule has 0 aliphatic carbocycles. The van der Waals surface area contributed by atoms with Crippen molar-refractivity contribution in [2.75, 3.05) is 11.4 Å². The highest BCUT2D eigenvalue weighted by atomic mass is 16.2. The van der Waals surface area contributed by atoms with Gasteiger partial charge < -0.3 is 0 Å². The maximum atomic E-state index is 13.2. The highest BCUT2D eigenvalue weighted by Gasteiger charge is 2.30. The number of hydrogen-bond donors (Lipinski definition) is 0. The molecule has 1 amide bonds. The van der Waals surface area contributed by atoms with Crippen molar-refractivity contribution in [3.63, 3.8) is 0 Å². The van der Waals surface area contributed by atoms with Gasteiger partial charge in [-0.25, -0.2) is 4.68 Å². The van der Waals surface area contributed by atoms with Gasteiger partial charge in [0.15, 0.2) is 0 Å².